The van der Waals surface area contributed by atoms with Crippen molar-refractivity contribution in [3.8, 4) is 0 Å². The van der Waals surface area contributed by atoms with E-state index in [1.807, 2.05) is 4.90 Å². The second kappa shape index (κ2) is 7.87. The first-order valence-corrected chi connectivity index (χ1v) is 15.5. The van der Waals surface area contributed by atoms with Crippen molar-refractivity contribution in [1.29, 1.82) is 0 Å². The first-order valence-electron chi connectivity index (χ1n) is 15.5. The number of carbonyl (C=O) groups excluding carboxylic acids is 1. The molecule has 6 rings (SSSR count). The summed E-state index contributed by atoms with van der Waals surface area (Å²) in [6, 6.07) is 0. The zero-order chi connectivity index (χ0) is 26.8. The third-order valence-corrected chi connectivity index (χ3v) is 14.1. The van der Waals surface area contributed by atoms with Crippen LogP contribution in [0.1, 0.15) is 119 Å². The number of aliphatic hydroxyl groups excluding tert-OH is 2. The molecule has 0 unspecified atom stereocenters. The van der Waals surface area contributed by atoms with Crippen LogP contribution in [0.2, 0.25) is 0 Å². The van der Waals surface area contributed by atoms with Gasteiger partial charge >= 0.3 is 0 Å². The van der Waals surface area contributed by atoms with Crippen LogP contribution in [0.25, 0.3) is 0 Å². The van der Waals surface area contributed by atoms with Crippen LogP contribution in [0.3, 0.4) is 0 Å². The molecule has 37 heavy (non-hydrogen) atoms. The molecule has 4 heteroatoms. The molecule has 1 heterocycles. The largest absolute Gasteiger partial charge is 0.393 e. The molecule has 7 atom stereocenters. The highest BCUT2D eigenvalue weighted by atomic mass is 16.3. The van der Waals surface area contributed by atoms with Crippen molar-refractivity contribution in [3.63, 3.8) is 0 Å². The molecule has 4 nitrogen and oxygen atoms in total. The highest BCUT2D eigenvalue weighted by Gasteiger charge is 2.68. The Morgan fingerprint density at radius 2 is 1.46 bits per heavy atom. The summed E-state index contributed by atoms with van der Waals surface area (Å²) in [7, 11) is 0. The van der Waals surface area contributed by atoms with Gasteiger partial charge in [-0.25, -0.2) is 0 Å². The van der Waals surface area contributed by atoms with E-state index >= 15 is 0 Å². The monoisotopic (exact) mass is 511 g/mol. The lowest BCUT2D eigenvalue weighted by Gasteiger charge is -2.71. The maximum Gasteiger partial charge on any atom is 0.233 e. The van der Waals surface area contributed by atoms with Gasteiger partial charge in [-0.2, -0.15) is 0 Å². The average Bonchev–Trinajstić information content (AvgIpc) is 2.79. The first-order chi connectivity index (χ1) is 17.1. The number of allylic oxidation sites excluding steroid dienone is 1. The number of β-amino-alcohol motifs (C(OH)–C–C–N with tert-alkyl or cyclic N) is 1. The van der Waals surface area contributed by atoms with Gasteiger partial charge in [0.25, 0.3) is 0 Å². The Kier molecular flexibility index (Phi) is 5.60. The lowest BCUT2D eigenvalue weighted by molar-refractivity contribution is -0.205. The number of hydrogen-bond acceptors (Lipinski definition) is 3. The van der Waals surface area contributed by atoms with Gasteiger partial charge in [-0.1, -0.05) is 59.6 Å². The number of rotatable bonds is 1. The van der Waals surface area contributed by atoms with E-state index in [1.54, 1.807) is 5.57 Å². The van der Waals surface area contributed by atoms with E-state index in [4.69, 9.17) is 0 Å². The van der Waals surface area contributed by atoms with Crippen LogP contribution in [0, 0.1) is 44.3 Å². The van der Waals surface area contributed by atoms with Gasteiger partial charge in [-0.3, -0.25) is 4.79 Å². The van der Waals surface area contributed by atoms with Crippen LogP contribution in [0.5, 0.6) is 0 Å². The van der Waals surface area contributed by atoms with Gasteiger partial charge in [0.15, 0.2) is 0 Å². The summed E-state index contributed by atoms with van der Waals surface area (Å²) >= 11 is 0. The number of hydrogen-bond donors (Lipinski definition) is 2. The molecule has 1 saturated heterocycles. The maximum atomic E-state index is 14.1. The summed E-state index contributed by atoms with van der Waals surface area (Å²) in [4.78, 5) is 16.1. The number of likely N-dealkylation sites (tertiary alicyclic amines) is 1. The van der Waals surface area contributed by atoms with Crippen LogP contribution < -0.4 is 0 Å². The SMILES string of the molecule is CC1(C)CC[C@]2(C(=O)N3CC(O)C3)CC[C@]3(C)C(=C2C1)CC[C@@H]1[C@@]2(C)CC[C@H](O)C(C)(C)[C@@H]2CC[C@]13C. The molecule has 0 bridgehead atoms. The topological polar surface area (TPSA) is 60.8 Å². The van der Waals surface area contributed by atoms with Crippen molar-refractivity contribution in [2.24, 2.45) is 44.3 Å². The summed E-state index contributed by atoms with van der Waals surface area (Å²) in [5.74, 6) is 1.57. The second-order valence-corrected chi connectivity index (χ2v) is 16.6. The summed E-state index contributed by atoms with van der Waals surface area (Å²) in [5.41, 5.74) is 3.74. The van der Waals surface area contributed by atoms with Crippen molar-refractivity contribution < 1.29 is 15.0 Å². The Balaban J connectivity index is 1.43. The maximum absolute atomic E-state index is 14.1. The molecule has 5 fully saturated rings. The molecular formula is C33H53NO3. The van der Waals surface area contributed by atoms with Gasteiger partial charge in [-0.05, 0) is 110 Å². The van der Waals surface area contributed by atoms with Gasteiger partial charge in [0, 0.05) is 13.1 Å². The van der Waals surface area contributed by atoms with Gasteiger partial charge in [0.2, 0.25) is 5.91 Å². The second-order valence-electron chi connectivity index (χ2n) is 16.6. The van der Waals surface area contributed by atoms with E-state index in [0.717, 1.165) is 51.4 Å². The number of aliphatic hydroxyl groups is 2. The fraction of sp³-hybridized carbons (Fsp3) is 0.909. The van der Waals surface area contributed by atoms with Crippen LogP contribution in [-0.4, -0.2) is 46.3 Å². The average molecular weight is 512 g/mol. The quantitative estimate of drug-likeness (QED) is 0.395. The van der Waals surface area contributed by atoms with E-state index in [9.17, 15) is 15.0 Å². The molecule has 5 aliphatic carbocycles. The number of amides is 1. The predicted molar refractivity (Wildman–Crippen MR) is 148 cm³/mol. The zero-order valence-electron chi connectivity index (χ0n) is 24.8. The Labute approximate surface area is 225 Å². The van der Waals surface area contributed by atoms with Crippen LogP contribution >= 0.6 is 0 Å². The van der Waals surface area contributed by atoms with Gasteiger partial charge < -0.3 is 15.1 Å². The van der Waals surface area contributed by atoms with Gasteiger partial charge in [0.05, 0.1) is 17.6 Å². The molecule has 1 amide bonds. The lowest BCUT2D eigenvalue weighted by Crippen LogP contribution is -2.65. The minimum atomic E-state index is -0.339. The Morgan fingerprint density at radius 1 is 0.784 bits per heavy atom. The number of fused-ring (bicyclic) bond motifs is 6. The highest BCUT2D eigenvalue weighted by Crippen LogP contribution is 2.75. The molecule has 4 saturated carbocycles. The minimum absolute atomic E-state index is 0.0166. The van der Waals surface area contributed by atoms with Gasteiger partial charge in [-0.15, -0.1) is 0 Å². The van der Waals surface area contributed by atoms with Crippen LogP contribution in [-0.2, 0) is 4.79 Å². The Bertz CT molecular complexity index is 1020. The van der Waals surface area contributed by atoms with Gasteiger partial charge in [0.1, 0.15) is 0 Å². The molecule has 1 aliphatic heterocycles. The smallest absolute Gasteiger partial charge is 0.233 e. The van der Waals surface area contributed by atoms with E-state index < -0.39 is 0 Å². The Hall–Kier alpha value is -0.870. The molecule has 0 aromatic rings. The number of nitrogens with zero attached hydrogens (tertiary/aromatic N) is 1. The van der Waals surface area contributed by atoms with E-state index in [-0.39, 0.29) is 44.7 Å². The minimum Gasteiger partial charge on any atom is -0.393 e. The van der Waals surface area contributed by atoms with Crippen molar-refractivity contribution >= 4 is 5.91 Å². The van der Waals surface area contributed by atoms with Crippen molar-refractivity contribution in [2.75, 3.05) is 13.1 Å². The van der Waals surface area contributed by atoms with Crippen LogP contribution in [0.15, 0.2) is 11.1 Å². The number of carbonyl (C=O) groups is 1. The highest BCUT2D eigenvalue weighted by molar-refractivity contribution is 5.87. The molecular weight excluding hydrogens is 458 g/mol. The Morgan fingerprint density at radius 3 is 2.14 bits per heavy atom. The molecule has 0 aromatic carbocycles. The van der Waals surface area contributed by atoms with Crippen LogP contribution in [0.4, 0.5) is 0 Å². The van der Waals surface area contributed by atoms with E-state index in [0.29, 0.717) is 30.8 Å². The van der Waals surface area contributed by atoms with E-state index in [1.165, 1.54) is 24.8 Å². The fourth-order valence-electron chi connectivity index (χ4n) is 11.5. The standard InChI is InChI=1S/C33H53NO3/c1-28(2)14-16-33(27(37)34-19-21(35)20-34)17-15-31(6)22(23(33)18-28)8-9-25-30(5)12-11-26(36)29(3,4)24(30)10-13-32(25,31)7/h21,24-26,35-36H,8-20H2,1-7H3/t24-,25+,26-,30-,31+,32+,33-/m0/s1. The molecule has 0 radical (unpaired) electrons. The molecule has 6 aliphatic rings. The lowest BCUT2D eigenvalue weighted by atomic mass is 9.34. The first kappa shape index (κ1) is 26.4. The summed E-state index contributed by atoms with van der Waals surface area (Å²) < 4.78 is 0. The third kappa shape index (κ3) is 3.30. The zero-order valence-corrected chi connectivity index (χ0v) is 24.8. The summed E-state index contributed by atoms with van der Waals surface area (Å²) in [6.07, 6.45) is 11.6. The van der Waals surface area contributed by atoms with Crippen molar-refractivity contribution in [2.45, 2.75) is 131 Å². The molecule has 208 valence electrons. The normalized spacial score (nSPS) is 48.8. The molecule has 2 N–H and O–H groups in total. The third-order valence-electron chi connectivity index (χ3n) is 14.1. The molecule has 0 spiro atoms. The van der Waals surface area contributed by atoms with Crippen molar-refractivity contribution in [3.05, 3.63) is 11.1 Å². The van der Waals surface area contributed by atoms with E-state index in [2.05, 4.69) is 48.5 Å². The molecule has 0 aromatic heterocycles. The summed E-state index contributed by atoms with van der Waals surface area (Å²) in [5, 5.41) is 21.0. The summed E-state index contributed by atoms with van der Waals surface area (Å²) in [6.45, 7) is 18.3. The fourth-order valence-corrected chi connectivity index (χ4v) is 11.5. The van der Waals surface area contributed by atoms with Crippen molar-refractivity contribution in [1.82, 2.24) is 4.90 Å². The predicted octanol–water partition coefficient (Wildman–Crippen LogP) is 6.50.